The molecule has 9 nitrogen and oxygen atoms in total. The zero-order valence-electron chi connectivity index (χ0n) is 20.5. The highest BCUT2D eigenvalue weighted by Crippen LogP contribution is 2.56. The second kappa shape index (κ2) is 8.54. The summed E-state index contributed by atoms with van der Waals surface area (Å²) < 4.78 is 42.3. The average molecular weight is 501 g/mol. The molecule has 0 spiro atoms. The van der Waals surface area contributed by atoms with Crippen LogP contribution in [0.5, 0.6) is 0 Å². The summed E-state index contributed by atoms with van der Waals surface area (Å²) in [5.41, 5.74) is 0.334. The van der Waals surface area contributed by atoms with E-state index in [0.29, 0.717) is 23.7 Å². The molecule has 3 aromatic heterocycles. The number of fused-ring (bicyclic) bond motifs is 1. The van der Waals surface area contributed by atoms with Crippen LogP contribution in [0.15, 0.2) is 30.6 Å². The molecule has 1 saturated carbocycles. The van der Waals surface area contributed by atoms with Crippen molar-refractivity contribution in [3.8, 4) is 11.5 Å². The first kappa shape index (κ1) is 24.2. The molecule has 2 aliphatic rings. The van der Waals surface area contributed by atoms with Gasteiger partial charge in [-0.1, -0.05) is 6.07 Å². The normalized spacial score (nSPS) is 16.6. The fraction of sp³-hybridized carbons (Fsp3) is 0.458. The number of pyridine rings is 2. The highest BCUT2D eigenvalue weighted by atomic mass is 19.4. The van der Waals surface area contributed by atoms with Crippen LogP contribution in [0.1, 0.15) is 48.3 Å². The van der Waals surface area contributed by atoms with E-state index >= 15 is 0 Å². The molecule has 0 saturated heterocycles. The SMILES string of the molecule is CNCc1nc(N(C)C(C)C)cc2c1CN(c1cccc(-c3nncn3C3(C(F)(F)F)CC3)n1)C2=O. The molecule has 1 aliphatic heterocycles. The van der Waals surface area contributed by atoms with Crippen molar-refractivity contribution in [2.75, 3.05) is 23.9 Å². The van der Waals surface area contributed by atoms with E-state index in [1.165, 1.54) is 4.90 Å². The van der Waals surface area contributed by atoms with Crippen molar-refractivity contribution in [1.82, 2.24) is 30.0 Å². The predicted octanol–water partition coefficient (Wildman–Crippen LogP) is 3.51. The third-order valence-corrected chi connectivity index (χ3v) is 6.97. The third-order valence-electron chi connectivity index (χ3n) is 6.97. The number of halogens is 3. The van der Waals surface area contributed by atoms with Crippen LogP contribution in [0.3, 0.4) is 0 Å². The van der Waals surface area contributed by atoms with E-state index in [1.54, 1.807) is 24.3 Å². The maximum Gasteiger partial charge on any atom is 0.412 e. The van der Waals surface area contributed by atoms with Crippen LogP contribution in [-0.2, 0) is 18.6 Å². The Labute approximate surface area is 206 Å². The molecule has 1 amide bonds. The molecule has 4 heterocycles. The van der Waals surface area contributed by atoms with Crippen molar-refractivity contribution in [2.24, 2.45) is 0 Å². The number of nitrogens with one attached hydrogen (secondary N) is 1. The molecule has 0 aromatic carbocycles. The number of anilines is 2. The van der Waals surface area contributed by atoms with Crippen molar-refractivity contribution in [3.05, 3.63) is 47.4 Å². The standard InChI is InChI=1S/C24H27F3N8O/c1-14(2)33(4)20-10-15-16(18(31-20)11-28-3)12-34(22(15)36)19-7-5-6-17(30-19)21-32-29-13-35(21)23(8-9-23)24(25,26)27/h5-7,10,13-14,28H,8-9,11-12H2,1-4H3. The Balaban J connectivity index is 1.51. The van der Waals surface area contributed by atoms with Gasteiger partial charge in [0.05, 0.1) is 17.8 Å². The highest BCUT2D eigenvalue weighted by Gasteiger charge is 2.65. The topological polar surface area (TPSA) is 92.1 Å². The number of hydrogen-bond donors (Lipinski definition) is 1. The molecule has 1 fully saturated rings. The van der Waals surface area contributed by atoms with Gasteiger partial charge in [0.25, 0.3) is 5.91 Å². The monoisotopic (exact) mass is 500 g/mol. The number of carbonyl (C=O) groups excluding carboxylic acids is 1. The van der Waals surface area contributed by atoms with Crippen LogP contribution in [0.4, 0.5) is 24.8 Å². The molecule has 36 heavy (non-hydrogen) atoms. The lowest BCUT2D eigenvalue weighted by atomic mass is 10.1. The molecule has 1 N–H and O–H groups in total. The summed E-state index contributed by atoms with van der Waals surface area (Å²) in [5.74, 6) is 0.813. The van der Waals surface area contributed by atoms with Crippen LogP contribution < -0.4 is 15.1 Å². The summed E-state index contributed by atoms with van der Waals surface area (Å²) in [6.07, 6.45) is -3.39. The predicted molar refractivity (Wildman–Crippen MR) is 128 cm³/mol. The Kier molecular flexibility index (Phi) is 5.73. The molecule has 3 aromatic rings. The van der Waals surface area contributed by atoms with Crippen LogP contribution in [0, 0.1) is 0 Å². The minimum atomic E-state index is -4.42. The summed E-state index contributed by atoms with van der Waals surface area (Å²) >= 11 is 0. The molecule has 12 heteroatoms. The van der Waals surface area contributed by atoms with Gasteiger partial charge >= 0.3 is 6.18 Å². The fourth-order valence-electron chi connectivity index (χ4n) is 4.50. The minimum absolute atomic E-state index is 0.0224. The third kappa shape index (κ3) is 3.80. The maximum atomic E-state index is 13.8. The number of aromatic nitrogens is 5. The quantitative estimate of drug-likeness (QED) is 0.531. The average Bonchev–Trinajstić information content (AvgIpc) is 3.40. The van der Waals surface area contributed by atoms with Gasteiger partial charge in [-0.2, -0.15) is 13.2 Å². The smallest absolute Gasteiger partial charge is 0.357 e. The van der Waals surface area contributed by atoms with Gasteiger partial charge in [0, 0.05) is 25.2 Å². The van der Waals surface area contributed by atoms with Gasteiger partial charge in [-0.25, -0.2) is 9.97 Å². The molecular weight excluding hydrogens is 473 g/mol. The van der Waals surface area contributed by atoms with Gasteiger partial charge in [-0.15, -0.1) is 10.2 Å². The molecule has 1 aliphatic carbocycles. The molecule has 0 unspecified atom stereocenters. The van der Waals surface area contributed by atoms with E-state index in [0.717, 1.165) is 22.2 Å². The van der Waals surface area contributed by atoms with E-state index < -0.39 is 11.7 Å². The Morgan fingerprint density at radius 3 is 2.61 bits per heavy atom. The lowest BCUT2D eigenvalue weighted by molar-refractivity contribution is -0.179. The van der Waals surface area contributed by atoms with E-state index in [-0.39, 0.29) is 42.9 Å². The number of carbonyl (C=O) groups is 1. The van der Waals surface area contributed by atoms with Crippen LogP contribution >= 0.6 is 0 Å². The van der Waals surface area contributed by atoms with Gasteiger partial charge in [-0.3, -0.25) is 14.3 Å². The van der Waals surface area contributed by atoms with E-state index in [4.69, 9.17) is 4.98 Å². The molecule has 0 bridgehead atoms. The number of alkyl halides is 3. The zero-order valence-corrected chi connectivity index (χ0v) is 20.5. The number of rotatable bonds is 7. The first-order valence-electron chi connectivity index (χ1n) is 11.7. The van der Waals surface area contributed by atoms with Crippen LogP contribution in [0.25, 0.3) is 11.5 Å². The second-order valence-corrected chi connectivity index (χ2v) is 9.51. The summed E-state index contributed by atoms with van der Waals surface area (Å²) in [4.78, 5) is 26.3. The molecule has 0 radical (unpaired) electrons. The minimum Gasteiger partial charge on any atom is -0.357 e. The van der Waals surface area contributed by atoms with Crippen LogP contribution in [-0.4, -0.2) is 57.0 Å². The Bertz CT molecular complexity index is 1310. The number of nitrogens with zero attached hydrogens (tertiary/aromatic N) is 7. The number of amides is 1. The van der Waals surface area contributed by atoms with Gasteiger partial charge in [-0.05, 0) is 51.9 Å². The fourth-order valence-corrected chi connectivity index (χ4v) is 4.50. The van der Waals surface area contributed by atoms with Crippen LogP contribution in [0.2, 0.25) is 0 Å². The first-order valence-corrected chi connectivity index (χ1v) is 11.7. The van der Waals surface area contributed by atoms with E-state index in [2.05, 4.69) is 20.5 Å². The van der Waals surface area contributed by atoms with E-state index in [9.17, 15) is 18.0 Å². The lowest BCUT2D eigenvalue weighted by Gasteiger charge is -2.24. The molecule has 190 valence electrons. The Hall–Kier alpha value is -3.54. The first-order chi connectivity index (χ1) is 17.1. The van der Waals surface area contributed by atoms with Gasteiger partial charge < -0.3 is 10.2 Å². The Morgan fingerprint density at radius 2 is 1.97 bits per heavy atom. The lowest BCUT2D eigenvalue weighted by Crippen LogP contribution is -2.35. The second-order valence-electron chi connectivity index (χ2n) is 9.51. The van der Waals surface area contributed by atoms with Crippen molar-refractivity contribution in [1.29, 1.82) is 0 Å². The molecule has 5 rings (SSSR count). The van der Waals surface area contributed by atoms with Gasteiger partial charge in [0.2, 0.25) is 0 Å². The number of hydrogen-bond acceptors (Lipinski definition) is 7. The maximum absolute atomic E-state index is 13.8. The van der Waals surface area contributed by atoms with Crippen molar-refractivity contribution >= 4 is 17.5 Å². The highest BCUT2D eigenvalue weighted by molar-refractivity contribution is 6.10. The molecule has 0 atom stereocenters. The van der Waals surface area contributed by atoms with Crippen molar-refractivity contribution in [3.63, 3.8) is 0 Å². The summed E-state index contributed by atoms with van der Waals surface area (Å²) in [6, 6.07) is 6.88. The summed E-state index contributed by atoms with van der Waals surface area (Å²) in [7, 11) is 3.74. The summed E-state index contributed by atoms with van der Waals surface area (Å²) in [5, 5.41) is 10.8. The van der Waals surface area contributed by atoms with Crippen molar-refractivity contribution < 1.29 is 18.0 Å². The Morgan fingerprint density at radius 1 is 1.22 bits per heavy atom. The zero-order chi connectivity index (χ0) is 25.8. The van der Waals surface area contributed by atoms with E-state index in [1.807, 2.05) is 32.8 Å². The van der Waals surface area contributed by atoms with Gasteiger partial charge in [0.1, 0.15) is 29.2 Å². The largest absolute Gasteiger partial charge is 0.412 e. The van der Waals surface area contributed by atoms with Gasteiger partial charge in [0.15, 0.2) is 5.82 Å². The van der Waals surface area contributed by atoms with Crippen molar-refractivity contribution in [2.45, 2.75) is 57.5 Å². The molecular formula is C24H27F3N8O. The summed E-state index contributed by atoms with van der Waals surface area (Å²) in [6.45, 7) is 4.83.